The average molecular weight is 267 g/mol. The average Bonchev–Trinajstić information content (AvgIpc) is 2.46. The summed E-state index contributed by atoms with van der Waals surface area (Å²) in [4.78, 5) is 15.5. The number of aryl methyl sites for hydroxylation is 1. The first-order chi connectivity index (χ1) is 7.09. The molecule has 4 heteroatoms. The third kappa shape index (κ3) is 1.81. The van der Waals surface area contributed by atoms with Gasteiger partial charge in [0.1, 0.15) is 16.0 Å². The van der Waals surface area contributed by atoms with E-state index in [1.54, 1.807) is 6.92 Å². The van der Waals surface area contributed by atoms with Crippen LogP contribution in [0.15, 0.2) is 22.9 Å². The number of carbonyl (C=O) groups is 1. The molecule has 3 nitrogen and oxygen atoms in total. The van der Waals surface area contributed by atoms with Crippen molar-refractivity contribution in [2.24, 2.45) is 0 Å². The van der Waals surface area contributed by atoms with E-state index in [9.17, 15) is 4.79 Å². The number of pyridine rings is 1. The molecule has 0 radical (unpaired) electrons. The van der Waals surface area contributed by atoms with Crippen LogP contribution in [-0.2, 0) is 11.2 Å². The first kappa shape index (κ1) is 10.4. The van der Waals surface area contributed by atoms with Crippen molar-refractivity contribution in [2.75, 3.05) is 0 Å². The highest BCUT2D eigenvalue weighted by atomic mass is 79.9. The van der Waals surface area contributed by atoms with Gasteiger partial charge in [0.25, 0.3) is 0 Å². The SMILES string of the molecule is CC(=O)Cc1nc2c(C)cccn2c1Br. The molecule has 0 spiro atoms. The molecule has 15 heavy (non-hydrogen) atoms. The Morgan fingerprint density at radius 3 is 2.93 bits per heavy atom. The molecule has 0 bridgehead atoms. The standard InChI is InChI=1S/C11H11BrN2O/c1-7-4-3-5-14-10(12)9(6-8(2)15)13-11(7)14/h3-5H,6H2,1-2H3. The second-order valence-corrected chi connectivity index (χ2v) is 4.36. The lowest BCUT2D eigenvalue weighted by Gasteiger charge is -1.96. The molecular weight excluding hydrogens is 256 g/mol. The van der Waals surface area contributed by atoms with Crippen molar-refractivity contribution in [3.63, 3.8) is 0 Å². The zero-order valence-corrected chi connectivity index (χ0v) is 10.2. The Morgan fingerprint density at radius 2 is 2.33 bits per heavy atom. The number of halogens is 1. The molecule has 0 aliphatic carbocycles. The van der Waals surface area contributed by atoms with Gasteiger partial charge in [0.15, 0.2) is 0 Å². The number of carbonyl (C=O) groups excluding carboxylic acids is 1. The molecule has 2 aromatic heterocycles. The summed E-state index contributed by atoms with van der Waals surface area (Å²) in [5, 5.41) is 0. The third-order valence-electron chi connectivity index (χ3n) is 2.27. The molecule has 0 N–H and O–H groups in total. The van der Waals surface area contributed by atoms with Crippen LogP contribution in [0.4, 0.5) is 0 Å². The fourth-order valence-corrected chi connectivity index (χ4v) is 2.09. The number of ketones is 1. The van der Waals surface area contributed by atoms with Gasteiger partial charge in [-0.1, -0.05) is 6.07 Å². The zero-order chi connectivity index (χ0) is 11.0. The first-order valence-corrected chi connectivity index (χ1v) is 5.50. The normalized spacial score (nSPS) is 10.9. The lowest BCUT2D eigenvalue weighted by molar-refractivity contribution is -0.116. The van der Waals surface area contributed by atoms with E-state index < -0.39 is 0 Å². The maximum absolute atomic E-state index is 11.1. The number of nitrogens with zero attached hydrogens (tertiary/aromatic N) is 2. The van der Waals surface area contributed by atoms with E-state index in [-0.39, 0.29) is 5.78 Å². The van der Waals surface area contributed by atoms with Crippen molar-refractivity contribution in [3.05, 3.63) is 34.2 Å². The number of hydrogen-bond donors (Lipinski definition) is 0. The summed E-state index contributed by atoms with van der Waals surface area (Å²) in [6, 6.07) is 3.97. The fraction of sp³-hybridized carbons (Fsp3) is 0.273. The Hall–Kier alpha value is -1.16. The highest BCUT2D eigenvalue weighted by Crippen LogP contribution is 2.21. The molecular formula is C11H11BrN2O. The summed E-state index contributed by atoms with van der Waals surface area (Å²) >= 11 is 3.46. The lowest BCUT2D eigenvalue weighted by atomic mass is 10.2. The second kappa shape index (κ2) is 3.77. The van der Waals surface area contributed by atoms with Crippen LogP contribution in [0.1, 0.15) is 18.2 Å². The van der Waals surface area contributed by atoms with E-state index in [0.717, 1.165) is 21.5 Å². The predicted octanol–water partition coefficient (Wildman–Crippen LogP) is 2.54. The number of hydrogen-bond acceptors (Lipinski definition) is 2. The molecule has 0 fully saturated rings. The highest BCUT2D eigenvalue weighted by molar-refractivity contribution is 9.10. The topological polar surface area (TPSA) is 34.4 Å². The maximum Gasteiger partial charge on any atom is 0.140 e. The number of rotatable bonds is 2. The van der Waals surface area contributed by atoms with E-state index in [1.165, 1.54) is 0 Å². The van der Waals surface area contributed by atoms with Gasteiger partial charge in [0.05, 0.1) is 12.1 Å². The summed E-state index contributed by atoms with van der Waals surface area (Å²) in [5.74, 6) is 0.122. The van der Waals surface area contributed by atoms with Crippen molar-refractivity contribution < 1.29 is 4.79 Å². The minimum absolute atomic E-state index is 0.122. The van der Waals surface area contributed by atoms with Gasteiger partial charge in [0, 0.05) is 6.20 Å². The Bertz CT molecular complexity index is 531. The smallest absolute Gasteiger partial charge is 0.140 e. The van der Waals surface area contributed by atoms with Crippen LogP contribution in [0, 0.1) is 6.92 Å². The van der Waals surface area contributed by atoms with Crippen LogP contribution in [0.2, 0.25) is 0 Å². The molecule has 0 unspecified atom stereocenters. The molecule has 0 atom stereocenters. The minimum atomic E-state index is 0.122. The van der Waals surface area contributed by atoms with Crippen LogP contribution in [0.3, 0.4) is 0 Å². The van der Waals surface area contributed by atoms with Crippen LogP contribution in [-0.4, -0.2) is 15.2 Å². The number of imidazole rings is 1. The summed E-state index contributed by atoms with van der Waals surface area (Å²) < 4.78 is 2.82. The molecule has 0 amide bonds. The van der Waals surface area contributed by atoms with E-state index in [1.807, 2.05) is 29.7 Å². The van der Waals surface area contributed by atoms with Gasteiger partial charge >= 0.3 is 0 Å². The van der Waals surface area contributed by atoms with Crippen LogP contribution in [0.5, 0.6) is 0 Å². The van der Waals surface area contributed by atoms with Gasteiger partial charge in [0.2, 0.25) is 0 Å². The zero-order valence-electron chi connectivity index (χ0n) is 8.62. The highest BCUT2D eigenvalue weighted by Gasteiger charge is 2.11. The second-order valence-electron chi connectivity index (χ2n) is 3.61. The van der Waals surface area contributed by atoms with E-state index in [4.69, 9.17) is 0 Å². The van der Waals surface area contributed by atoms with Gasteiger partial charge in [-0.15, -0.1) is 0 Å². The molecule has 0 aliphatic heterocycles. The van der Waals surface area contributed by atoms with E-state index >= 15 is 0 Å². The molecule has 78 valence electrons. The lowest BCUT2D eigenvalue weighted by Crippen LogP contribution is -1.97. The van der Waals surface area contributed by atoms with E-state index in [0.29, 0.717) is 6.42 Å². The number of aromatic nitrogens is 2. The van der Waals surface area contributed by atoms with Crippen molar-refractivity contribution in [2.45, 2.75) is 20.3 Å². The summed E-state index contributed by atoms with van der Waals surface area (Å²) in [7, 11) is 0. The summed E-state index contributed by atoms with van der Waals surface area (Å²) in [6.07, 6.45) is 2.31. The van der Waals surface area contributed by atoms with Crippen LogP contribution in [0.25, 0.3) is 5.65 Å². The number of Topliss-reactive ketones (excluding diaryl/α,β-unsaturated/α-hetero) is 1. The summed E-state index contributed by atoms with van der Waals surface area (Å²) in [6.45, 7) is 3.58. The van der Waals surface area contributed by atoms with Crippen molar-refractivity contribution >= 4 is 27.4 Å². The monoisotopic (exact) mass is 266 g/mol. The predicted molar refractivity (Wildman–Crippen MR) is 62.0 cm³/mol. The quantitative estimate of drug-likeness (QED) is 0.838. The van der Waals surface area contributed by atoms with Crippen molar-refractivity contribution in [3.8, 4) is 0 Å². The Morgan fingerprint density at radius 1 is 1.60 bits per heavy atom. The molecule has 0 aromatic carbocycles. The van der Waals surface area contributed by atoms with Crippen LogP contribution < -0.4 is 0 Å². The van der Waals surface area contributed by atoms with Gasteiger partial charge in [-0.05, 0) is 41.4 Å². The molecule has 0 aliphatic rings. The molecule has 2 rings (SSSR count). The Kier molecular flexibility index (Phi) is 2.61. The third-order valence-corrected chi connectivity index (χ3v) is 3.11. The van der Waals surface area contributed by atoms with E-state index in [2.05, 4.69) is 20.9 Å². The number of fused-ring (bicyclic) bond motifs is 1. The maximum atomic E-state index is 11.1. The fourth-order valence-electron chi connectivity index (χ4n) is 1.57. The first-order valence-electron chi connectivity index (χ1n) is 4.71. The van der Waals surface area contributed by atoms with Crippen molar-refractivity contribution in [1.82, 2.24) is 9.38 Å². The molecule has 0 saturated heterocycles. The van der Waals surface area contributed by atoms with Gasteiger partial charge in [-0.25, -0.2) is 4.98 Å². The molecule has 2 aromatic rings. The minimum Gasteiger partial charge on any atom is -0.300 e. The van der Waals surface area contributed by atoms with Crippen molar-refractivity contribution in [1.29, 1.82) is 0 Å². The largest absolute Gasteiger partial charge is 0.300 e. The summed E-state index contributed by atoms with van der Waals surface area (Å²) in [5.41, 5.74) is 2.81. The van der Waals surface area contributed by atoms with Crippen LogP contribution >= 0.6 is 15.9 Å². The molecule has 0 saturated carbocycles. The Labute approximate surface area is 96.3 Å². The van der Waals surface area contributed by atoms with Gasteiger partial charge < -0.3 is 0 Å². The Balaban J connectivity index is 2.64. The molecule has 2 heterocycles. The van der Waals surface area contributed by atoms with Gasteiger partial charge in [-0.3, -0.25) is 9.20 Å². The van der Waals surface area contributed by atoms with Gasteiger partial charge in [-0.2, -0.15) is 0 Å².